The van der Waals surface area contributed by atoms with Crippen molar-refractivity contribution >= 4 is 0 Å². The summed E-state index contributed by atoms with van der Waals surface area (Å²) in [6.45, 7) is 8.86. The molecule has 0 fully saturated rings. The largest absolute Gasteiger partial charge is 0.325 e. The zero-order chi connectivity index (χ0) is 11.5. The normalized spacial score (nSPS) is 16.1. The maximum Gasteiger partial charge on any atom is 0.0171 e. The lowest BCUT2D eigenvalue weighted by atomic mass is 9.78. The Bertz CT molecular complexity index is 293. The molecule has 0 bridgehead atoms. The van der Waals surface area contributed by atoms with E-state index in [0.29, 0.717) is 0 Å². The second kappa shape index (κ2) is 4.36. The Morgan fingerprint density at radius 2 is 1.53 bits per heavy atom. The van der Waals surface area contributed by atoms with Crippen LogP contribution in [0.3, 0.4) is 0 Å². The van der Waals surface area contributed by atoms with Gasteiger partial charge in [-0.15, -0.1) is 0 Å². The zero-order valence-electron chi connectivity index (χ0n) is 10.4. The fraction of sp³-hybridized carbons (Fsp3) is 0.571. The second-order valence-corrected chi connectivity index (χ2v) is 6.05. The minimum absolute atomic E-state index is 0.112. The Labute approximate surface area is 93.7 Å². The van der Waals surface area contributed by atoms with Crippen LogP contribution in [-0.2, 0) is 6.42 Å². The molecule has 1 aromatic carbocycles. The van der Waals surface area contributed by atoms with Gasteiger partial charge in [-0.25, -0.2) is 0 Å². The molecule has 0 aliphatic rings. The van der Waals surface area contributed by atoms with Gasteiger partial charge in [-0.1, -0.05) is 51.1 Å². The van der Waals surface area contributed by atoms with E-state index in [1.54, 1.807) is 0 Å². The van der Waals surface area contributed by atoms with E-state index in [9.17, 15) is 0 Å². The van der Waals surface area contributed by atoms with E-state index in [1.165, 1.54) is 5.56 Å². The van der Waals surface area contributed by atoms with E-state index in [1.807, 2.05) is 6.07 Å². The van der Waals surface area contributed by atoms with Crippen molar-refractivity contribution in [2.75, 3.05) is 0 Å². The van der Waals surface area contributed by atoms with Crippen LogP contribution >= 0.6 is 0 Å². The van der Waals surface area contributed by atoms with Crippen molar-refractivity contribution in [3.63, 3.8) is 0 Å². The van der Waals surface area contributed by atoms with Crippen LogP contribution in [0, 0.1) is 5.41 Å². The lowest BCUT2D eigenvalue weighted by Crippen LogP contribution is -2.42. The summed E-state index contributed by atoms with van der Waals surface area (Å²) < 4.78 is 0. The Balaban J connectivity index is 2.65. The Kier molecular flexibility index (Phi) is 3.56. The minimum Gasteiger partial charge on any atom is -0.325 e. The lowest BCUT2D eigenvalue weighted by molar-refractivity contribution is 0.269. The van der Waals surface area contributed by atoms with E-state index in [-0.39, 0.29) is 11.0 Å². The van der Waals surface area contributed by atoms with Crippen LogP contribution in [0.15, 0.2) is 30.3 Å². The third-order valence-corrected chi connectivity index (χ3v) is 2.38. The number of rotatable bonds is 3. The molecule has 0 unspecified atom stereocenters. The molecule has 1 rings (SSSR count). The van der Waals surface area contributed by atoms with Crippen molar-refractivity contribution < 1.29 is 0 Å². The monoisotopic (exact) mass is 205 g/mol. The first kappa shape index (κ1) is 12.3. The van der Waals surface area contributed by atoms with E-state index >= 15 is 0 Å². The summed E-state index contributed by atoms with van der Waals surface area (Å²) in [5, 5.41) is 0. The summed E-state index contributed by atoms with van der Waals surface area (Å²) in [6.07, 6.45) is 1.99. The number of nitrogens with two attached hydrogens (primary N) is 1. The maximum absolute atomic E-state index is 6.33. The summed E-state index contributed by atoms with van der Waals surface area (Å²) in [6, 6.07) is 10.5. The van der Waals surface area contributed by atoms with Crippen molar-refractivity contribution in [3.05, 3.63) is 35.9 Å². The average Bonchev–Trinajstić information content (AvgIpc) is 1.99. The molecule has 0 saturated heterocycles. The van der Waals surface area contributed by atoms with Gasteiger partial charge in [0.25, 0.3) is 0 Å². The van der Waals surface area contributed by atoms with Crippen molar-refractivity contribution in [2.24, 2.45) is 11.1 Å². The summed E-state index contributed by atoms with van der Waals surface area (Å²) >= 11 is 0. The van der Waals surface area contributed by atoms with Crippen LogP contribution in [-0.4, -0.2) is 5.54 Å². The predicted octanol–water partition coefficient (Wildman–Crippen LogP) is 3.38. The smallest absolute Gasteiger partial charge is 0.0171 e. The van der Waals surface area contributed by atoms with Gasteiger partial charge in [-0.3, -0.25) is 0 Å². The van der Waals surface area contributed by atoms with Gasteiger partial charge in [0.05, 0.1) is 0 Å². The van der Waals surface area contributed by atoms with Gasteiger partial charge in [-0.05, 0) is 30.7 Å². The molecule has 0 aromatic heterocycles. The predicted molar refractivity (Wildman–Crippen MR) is 66.8 cm³/mol. The van der Waals surface area contributed by atoms with Crippen LogP contribution in [0.5, 0.6) is 0 Å². The molecule has 1 atom stereocenters. The van der Waals surface area contributed by atoms with Crippen molar-refractivity contribution in [3.8, 4) is 0 Å². The van der Waals surface area contributed by atoms with Gasteiger partial charge in [0.1, 0.15) is 0 Å². The Morgan fingerprint density at radius 1 is 1.00 bits per heavy atom. The van der Waals surface area contributed by atoms with Crippen LogP contribution in [0.2, 0.25) is 0 Å². The molecule has 0 radical (unpaired) electrons. The van der Waals surface area contributed by atoms with Crippen molar-refractivity contribution in [2.45, 2.75) is 46.1 Å². The van der Waals surface area contributed by atoms with E-state index < -0.39 is 0 Å². The van der Waals surface area contributed by atoms with Crippen LogP contribution in [0.25, 0.3) is 0 Å². The molecule has 15 heavy (non-hydrogen) atoms. The molecule has 1 heteroatoms. The number of hydrogen-bond acceptors (Lipinski definition) is 1. The highest BCUT2D eigenvalue weighted by molar-refractivity contribution is 5.17. The topological polar surface area (TPSA) is 26.0 Å². The van der Waals surface area contributed by atoms with E-state index in [0.717, 1.165) is 12.8 Å². The van der Waals surface area contributed by atoms with Crippen molar-refractivity contribution in [1.29, 1.82) is 0 Å². The lowest BCUT2D eigenvalue weighted by Gasteiger charge is -2.32. The van der Waals surface area contributed by atoms with Crippen LogP contribution in [0.4, 0.5) is 0 Å². The summed E-state index contributed by atoms with van der Waals surface area (Å²) in [5.41, 5.74) is 7.84. The molecule has 0 aliphatic heterocycles. The van der Waals surface area contributed by atoms with Gasteiger partial charge in [-0.2, -0.15) is 0 Å². The maximum atomic E-state index is 6.33. The Morgan fingerprint density at radius 3 is 2.00 bits per heavy atom. The molecule has 84 valence electrons. The molecule has 0 aliphatic carbocycles. The number of hydrogen-bond donors (Lipinski definition) is 1. The Hall–Kier alpha value is -0.820. The van der Waals surface area contributed by atoms with Gasteiger partial charge >= 0.3 is 0 Å². The first-order valence-corrected chi connectivity index (χ1v) is 5.61. The fourth-order valence-corrected chi connectivity index (χ4v) is 2.34. The summed E-state index contributed by atoms with van der Waals surface area (Å²) in [4.78, 5) is 0. The van der Waals surface area contributed by atoms with Gasteiger partial charge in [0.15, 0.2) is 0 Å². The molecule has 1 aromatic rings. The van der Waals surface area contributed by atoms with E-state index in [4.69, 9.17) is 5.73 Å². The first-order chi connectivity index (χ1) is 6.79. The quantitative estimate of drug-likeness (QED) is 0.804. The van der Waals surface area contributed by atoms with Gasteiger partial charge in [0.2, 0.25) is 0 Å². The SMILES string of the molecule is CC(C)(C)C[C@@](C)(N)Cc1ccccc1. The average molecular weight is 205 g/mol. The fourth-order valence-electron chi connectivity index (χ4n) is 2.34. The molecule has 2 N–H and O–H groups in total. The first-order valence-electron chi connectivity index (χ1n) is 5.61. The van der Waals surface area contributed by atoms with Gasteiger partial charge < -0.3 is 5.73 Å². The number of benzene rings is 1. The van der Waals surface area contributed by atoms with Gasteiger partial charge in [0, 0.05) is 5.54 Å². The third-order valence-electron chi connectivity index (χ3n) is 2.38. The summed E-state index contributed by atoms with van der Waals surface area (Å²) in [7, 11) is 0. The van der Waals surface area contributed by atoms with E-state index in [2.05, 4.69) is 52.0 Å². The molecule has 0 saturated carbocycles. The van der Waals surface area contributed by atoms with Crippen LogP contribution < -0.4 is 5.73 Å². The third kappa shape index (κ3) is 4.98. The van der Waals surface area contributed by atoms with Crippen molar-refractivity contribution in [1.82, 2.24) is 0 Å². The molecule has 0 heterocycles. The highest BCUT2D eigenvalue weighted by Gasteiger charge is 2.25. The standard InChI is InChI=1S/C14H23N/c1-13(2,3)11-14(4,15)10-12-8-6-5-7-9-12/h5-9H,10-11,15H2,1-4H3/t14-/m0/s1. The molecular weight excluding hydrogens is 182 g/mol. The molecule has 0 amide bonds. The second-order valence-electron chi connectivity index (χ2n) is 6.05. The summed E-state index contributed by atoms with van der Waals surface area (Å²) in [5.74, 6) is 0. The zero-order valence-corrected chi connectivity index (χ0v) is 10.4. The minimum atomic E-state index is -0.112. The molecule has 1 nitrogen and oxygen atoms in total. The molecule has 0 spiro atoms. The highest BCUT2D eigenvalue weighted by Crippen LogP contribution is 2.27. The highest BCUT2D eigenvalue weighted by atomic mass is 14.7. The van der Waals surface area contributed by atoms with Crippen LogP contribution in [0.1, 0.15) is 39.7 Å². The molecular formula is C14H23N.